The molecule has 0 aliphatic heterocycles. The summed E-state index contributed by atoms with van der Waals surface area (Å²) in [6.45, 7) is 1.78. The van der Waals surface area contributed by atoms with Crippen molar-refractivity contribution < 1.29 is 8.94 Å². The Morgan fingerprint density at radius 2 is 2.36 bits per heavy atom. The second kappa shape index (κ2) is 3.48. The molecule has 0 fully saturated rings. The molecule has 0 aromatic carbocycles. The van der Waals surface area contributed by atoms with Crippen LogP contribution in [0, 0.1) is 5.21 Å². The normalized spacial score (nSPS) is 12.8. The van der Waals surface area contributed by atoms with E-state index in [-0.39, 0.29) is 0 Å². The van der Waals surface area contributed by atoms with Gasteiger partial charge in [-0.2, -0.15) is 4.73 Å². The first-order valence-corrected chi connectivity index (χ1v) is 4.64. The van der Waals surface area contributed by atoms with Crippen LogP contribution < -0.4 is 4.73 Å². The number of hydrogen-bond donors (Lipinski definition) is 0. The molecule has 3 nitrogen and oxygen atoms in total. The lowest BCUT2D eigenvalue weighted by Gasteiger charge is -2.00. The van der Waals surface area contributed by atoms with Crippen molar-refractivity contribution in [2.45, 2.75) is 11.9 Å². The molecule has 11 heavy (non-hydrogen) atoms. The van der Waals surface area contributed by atoms with Gasteiger partial charge in [0.2, 0.25) is 0 Å². The van der Waals surface area contributed by atoms with Crippen LogP contribution in [-0.4, -0.2) is 9.96 Å². The smallest absolute Gasteiger partial charge is 0.281 e. The average molecular weight is 171 g/mol. The van der Waals surface area contributed by atoms with Crippen LogP contribution >= 0.6 is 0 Å². The number of pyridine rings is 1. The molecule has 0 aliphatic carbocycles. The molecule has 4 heteroatoms. The lowest BCUT2D eigenvalue weighted by Crippen LogP contribution is -2.31. The number of nitrogens with zero attached hydrogens (tertiary/aromatic N) is 1. The summed E-state index contributed by atoms with van der Waals surface area (Å²) < 4.78 is 11.8. The molecule has 1 heterocycles. The largest absolute Gasteiger partial charge is 0.618 e. The molecule has 1 rings (SSSR count). The minimum Gasteiger partial charge on any atom is -0.618 e. The number of aromatic nitrogens is 1. The predicted octanol–water partition coefficient (Wildman–Crippen LogP) is 0.448. The highest BCUT2D eigenvalue weighted by Crippen LogP contribution is 1.97. The van der Waals surface area contributed by atoms with E-state index in [4.69, 9.17) is 0 Å². The Labute approximate surface area is 67.7 Å². The van der Waals surface area contributed by atoms with Crippen molar-refractivity contribution in [3.8, 4) is 0 Å². The minimum absolute atomic E-state index is 0.329. The summed E-state index contributed by atoms with van der Waals surface area (Å²) in [5.41, 5.74) is 0. The van der Waals surface area contributed by atoms with Crippen LogP contribution in [0.2, 0.25) is 0 Å². The molecular weight excluding hydrogens is 162 g/mol. The lowest BCUT2D eigenvalue weighted by atomic mass is 10.5. The Morgan fingerprint density at radius 3 is 2.91 bits per heavy atom. The van der Waals surface area contributed by atoms with Crippen molar-refractivity contribution in [2.24, 2.45) is 0 Å². The molecule has 0 saturated heterocycles. The van der Waals surface area contributed by atoms with Crippen LogP contribution in [0.15, 0.2) is 29.4 Å². The molecule has 0 amide bonds. The Kier molecular flexibility index (Phi) is 2.59. The van der Waals surface area contributed by atoms with Crippen molar-refractivity contribution >= 4 is 10.8 Å². The summed E-state index contributed by atoms with van der Waals surface area (Å²) in [5, 5.41) is 11.3. The third-order valence-electron chi connectivity index (χ3n) is 1.28. The SMILES string of the molecule is CCS(=O)c1cccc[n+]1[O-]. The molecule has 0 aliphatic rings. The average Bonchev–Trinajstić information content (AvgIpc) is 2.04. The highest BCUT2D eigenvalue weighted by molar-refractivity contribution is 7.84. The van der Waals surface area contributed by atoms with Crippen molar-refractivity contribution in [1.29, 1.82) is 0 Å². The summed E-state index contributed by atoms with van der Waals surface area (Å²) in [7, 11) is -1.15. The maximum atomic E-state index is 11.1. The molecular formula is C7H9NO2S. The topological polar surface area (TPSA) is 44.0 Å². The third kappa shape index (κ3) is 1.77. The number of rotatable bonds is 2. The fourth-order valence-corrected chi connectivity index (χ4v) is 1.52. The van der Waals surface area contributed by atoms with Gasteiger partial charge in [-0.25, -0.2) is 4.21 Å². The molecule has 0 spiro atoms. The van der Waals surface area contributed by atoms with Crippen LogP contribution in [0.1, 0.15) is 6.92 Å². The molecule has 1 unspecified atom stereocenters. The summed E-state index contributed by atoms with van der Waals surface area (Å²) in [5.74, 6) is 0.478. The molecule has 1 aromatic heterocycles. The molecule has 1 aromatic rings. The first-order valence-electron chi connectivity index (χ1n) is 3.32. The zero-order valence-electron chi connectivity index (χ0n) is 6.19. The van der Waals surface area contributed by atoms with Crippen molar-refractivity contribution in [2.75, 3.05) is 5.75 Å². The third-order valence-corrected chi connectivity index (χ3v) is 2.59. The van der Waals surface area contributed by atoms with Crippen LogP contribution in [0.25, 0.3) is 0 Å². The van der Waals surface area contributed by atoms with Gasteiger partial charge in [-0.15, -0.1) is 0 Å². The second-order valence-electron chi connectivity index (χ2n) is 2.00. The monoisotopic (exact) mass is 171 g/mol. The van der Waals surface area contributed by atoms with Crippen LogP contribution in [0.5, 0.6) is 0 Å². The Hall–Kier alpha value is -0.900. The van der Waals surface area contributed by atoms with Crippen LogP contribution in [-0.2, 0) is 10.8 Å². The van der Waals surface area contributed by atoms with E-state index in [9.17, 15) is 9.42 Å². The second-order valence-corrected chi connectivity index (χ2v) is 3.69. The van der Waals surface area contributed by atoms with Gasteiger partial charge in [0.1, 0.15) is 10.8 Å². The predicted molar refractivity (Wildman–Crippen MR) is 42.4 cm³/mol. The highest BCUT2D eigenvalue weighted by atomic mass is 32.2. The summed E-state index contributed by atoms with van der Waals surface area (Å²) in [4.78, 5) is 0. The van der Waals surface area contributed by atoms with Gasteiger partial charge in [0.05, 0.1) is 0 Å². The van der Waals surface area contributed by atoms with Gasteiger partial charge < -0.3 is 5.21 Å². The van der Waals surface area contributed by atoms with Gasteiger partial charge in [0, 0.05) is 17.9 Å². The quantitative estimate of drug-likeness (QED) is 0.479. The van der Waals surface area contributed by atoms with E-state index >= 15 is 0 Å². The van der Waals surface area contributed by atoms with Crippen LogP contribution in [0.4, 0.5) is 0 Å². The standard InChI is InChI=1S/C7H9NO2S/c1-2-11(10)7-5-3-4-6-8(7)9/h3-6H,2H2,1H3. The fourth-order valence-electron chi connectivity index (χ4n) is 0.737. The van der Waals surface area contributed by atoms with E-state index in [0.29, 0.717) is 15.5 Å². The van der Waals surface area contributed by atoms with E-state index in [1.807, 2.05) is 0 Å². The van der Waals surface area contributed by atoms with Crippen molar-refractivity contribution in [3.63, 3.8) is 0 Å². The summed E-state index contributed by atoms with van der Waals surface area (Å²) in [6.07, 6.45) is 1.35. The van der Waals surface area contributed by atoms with Gasteiger partial charge in [0.15, 0.2) is 6.20 Å². The molecule has 60 valence electrons. The van der Waals surface area contributed by atoms with Crippen molar-refractivity contribution in [3.05, 3.63) is 29.6 Å². The molecule has 0 N–H and O–H groups in total. The van der Waals surface area contributed by atoms with E-state index in [0.717, 1.165) is 0 Å². The van der Waals surface area contributed by atoms with E-state index in [1.54, 1.807) is 25.1 Å². The minimum atomic E-state index is -1.15. The number of hydrogen-bond acceptors (Lipinski definition) is 2. The maximum Gasteiger partial charge on any atom is 0.281 e. The van der Waals surface area contributed by atoms with Gasteiger partial charge in [-0.05, 0) is 6.07 Å². The Balaban J connectivity index is 3.03. The molecule has 0 saturated carbocycles. The van der Waals surface area contributed by atoms with Crippen LogP contribution in [0.3, 0.4) is 0 Å². The zero-order valence-corrected chi connectivity index (χ0v) is 7.00. The molecule has 1 atom stereocenters. The Bertz CT molecular complexity index is 275. The van der Waals surface area contributed by atoms with Gasteiger partial charge in [-0.3, -0.25) is 0 Å². The van der Waals surface area contributed by atoms with E-state index in [1.165, 1.54) is 6.20 Å². The van der Waals surface area contributed by atoms with Crippen molar-refractivity contribution in [1.82, 2.24) is 0 Å². The van der Waals surface area contributed by atoms with E-state index in [2.05, 4.69) is 0 Å². The molecule has 0 bridgehead atoms. The summed E-state index contributed by atoms with van der Waals surface area (Å²) >= 11 is 0. The molecule has 0 radical (unpaired) electrons. The Morgan fingerprint density at radius 1 is 1.64 bits per heavy atom. The summed E-state index contributed by atoms with van der Waals surface area (Å²) in [6, 6.07) is 4.90. The first-order chi connectivity index (χ1) is 5.25. The zero-order chi connectivity index (χ0) is 8.27. The lowest BCUT2D eigenvalue weighted by molar-refractivity contribution is -0.646. The highest BCUT2D eigenvalue weighted by Gasteiger charge is 2.09. The van der Waals surface area contributed by atoms with Gasteiger partial charge in [-0.1, -0.05) is 6.92 Å². The fraction of sp³-hybridized carbons (Fsp3) is 0.286. The van der Waals surface area contributed by atoms with Gasteiger partial charge >= 0.3 is 0 Å². The maximum absolute atomic E-state index is 11.1. The first kappa shape index (κ1) is 8.20. The van der Waals surface area contributed by atoms with E-state index < -0.39 is 10.8 Å². The van der Waals surface area contributed by atoms with Gasteiger partial charge in [0.25, 0.3) is 5.03 Å².